The fourth-order valence-electron chi connectivity index (χ4n) is 0.135. The standard InChI is InChI=1S/C2H6NO2P/c1-3-2-6(4)5/h3H,2H2,1H3/p+1. The van der Waals surface area contributed by atoms with Crippen LogP contribution in [-0.2, 0) is 4.57 Å². The molecule has 0 rings (SSSR count). The average Bonchev–Trinajstić information content (AvgIpc) is 1.35. The van der Waals surface area contributed by atoms with E-state index in [9.17, 15) is 4.57 Å². The highest BCUT2D eigenvalue weighted by Gasteiger charge is 2.03. The predicted octanol–water partition coefficient (Wildman–Crippen LogP) is -0.102. The smallest absolute Gasteiger partial charge is 0.277 e. The summed E-state index contributed by atoms with van der Waals surface area (Å²) in [6, 6.07) is 0. The Morgan fingerprint density at radius 2 is 2.50 bits per heavy atom. The maximum atomic E-state index is 9.68. The van der Waals surface area contributed by atoms with Gasteiger partial charge in [-0.25, -0.2) is 0 Å². The van der Waals surface area contributed by atoms with Crippen LogP contribution in [0.3, 0.4) is 0 Å². The van der Waals surface area contributed by atoms with Gasteiger partial charge in [-0.2, -0.15) is 4.89 Å². The van der Waals surface area contributed by atoms with E-state index >= 15 is 0 Å². The molecule has 0 radical (unpaired) electrons. The SMILES string of the molecule is CNC[P+](=O)O. The minimum absolute atomic E-state index is 0.190. The third kappa shape index (κ3) is 4.02. The van der Waals surface area contributed by atoms with Crippen molar-refractivity contribution >= 4 is 8.03 Å². The predicted molar refractivity (Wildman–Crippen MR) is 23.8 cm³/mol. The Kier molecular flexibility index (Phi) is 3.23. The number of hydrogen-bond acceptors (Lipinski definition) is 2. The molecule has 0 aromatic heterocycles. The molecule has 0 spiro atoms. The molecule has 0 fully saturated rings. The van der Waals surface area contributed by atoms with E-state index in [0.29, 0.717) is 0 Å². The number of rotatable bonds is 2. The van der Waals surface area contributed by atoms with Gasteiger partial charge in [-0.05, 0) is 11.6 Å². The van der Waals surface area contributed by atoms with E-state index in [0.717, 1.165) is 0 Å². The molecule has 6 heavy (non-hydrogen) atoms. The van der Waals surface area contributed by atoms with Crippen LogP contribution in [0.1, 0.15) is 0 Å². The van der Waals surface area contributed by atoms with E-state index in [1.807, 2.05) is 0 Å². The normalized spacial score (nSPS) is 11.3. The molecule has 36 valence electrons. The Labute approximate surface area is 37.2 Å². The highest BCUT2D eigenvalue weighted by Crippen LogP contribution is 2.06. The molecule has 0 aliphatic heterocycles. The van der Waals surface area contributed by atoms with Gasteiger partial charge in [0.1, 0.15) is 0 Å². The second-order valence-electron chi connectivity index (χ2n) is 0.864. The van der Waals surface area contributed by atoms with E-state index in [4.69, 9.17) is 4.89 Å². The Morgan fingerprint density at radius 1 is 2.00 bits per heavy atom. The van der Waals surface area contributed by atoms with Gasteiger partial charge in [-0.15, -0.1) is 0 Å². The average molecular weight is 108 g/mol. The lowest BCUT2D eigenvalue weighted by atomic mass is 11.3. The molecule has 0 heterocycles. The fourth-order valence-corrected chi connectivity index (χ4v) is 0.406. The lowest BCUT2D eigenvalue weighted by molar-refractivity contribution is 0.499. The maximum Gasteiger partial charge on any atom is 0.521 e. The molecule has 0 aliphatic rings. The van der Waals surface area contributed by atoms with Gasteiger partial charge in [0.05, 0.1) is 0 Å². The number of hydrogen-bond donors (Lipinski definition) is 2. The van der Waals surface area contributed by atoms with Crippen molar-refractivity contribution in [2.45, 2.75) is 0 Å². The van der Waals surface area contributed by atoms with Crippen molar-refractivity contribution in [1.82, 2.24) is 5.32 Å². The zero-order valence-electron chi connectivity index (χ0n) is 3.51. The minimum atomic E-state index is -1.96. The first-order valence-corrected chi connectivity index (χ1v) is 2.95. The first kappa shape index (κ1) is 6.02. The van der Waals surface area contributed by atoms with E-state index in [-0.39, 0.29) is 6.29 Å². The lowest BCUT2D eigenvalue weighted by Crippen LogP contribution is -2.02. The zero-order valence-corrected chi connectivity index (χ0v) is 4.40. The Morgan fingerprint density at radius 3 is 2.50 bits per heavy atom. The first-order valence-electron chi connectivity index (χ1n) is 1.55. The van der Waals surface area contributed by atoms with Crippen LogP contribution in [0, 0.1) is 0 Å². The molecule has 0 aromatic carbocycles. The highest BCUT2D eigenvalue weighted by molar-refractivity contribution is 7.37. The van der Waals surface area contributed by atoms with Crippen LogP contribution >= 0.6 is 8.03 Å². The summed E-state index contributed by atoms with van der Waals surface area (Å²) in [5.74, 6) is 0. The third-order valence-electron chi connectivity index (χ3n) is 0.293. The summed E-state index contributed by atoms with van der Waals surface area (Å²) < 4.78 is 9.68. The van der Waals surface area contributed by atoms with Gasteiger partial charge in [0.2, 0.25) is 6.29 Å². The Hall–Kier alpha value is 0.0200. The minimum Gasteiger partial charge on any atom is -0.277 e. The van der Waals surface area contributed by atoms with Crippen LogP contribution < -0.4 is 5.32 Å². The molecular formula is C2H7NO2P+. The molecule has 1 atom stereocenters. The molecule has 0 saturated heterocycles. The van der Waals surface area contributed by atoms with E-state index in [1.54, 1.807) is 7.05 Å². The summed E-state index contributed by atoms with van der Waals surface area (Å²) in [7, 11) is -0.333. The van der Waals surface area contributed by atoms with Crippen molar-refractivity contribution in [2.75, 3.05) is 13.3 Å². The highest BCUT2D eigenvalue weighted by atomic mass is 31.1. The van der Waals surface area contributed by atoms with Crippen LogP contribution in [0.15, 0.2) is 0 Å². The van der Waals surface area contributed by atoms with Gasteiger partial charge in [0.15, 0.2) is 0 Å². The second-order valence-corrected chi connectivity index (χ2v) is 1.88. The maximum absolute atomic E-state index is 9.68. The van der Waals surface area contributed by atoms with Gasteiger partial charge in [0.25, 0.3) is 0 Å². The van der Waals surface area contributed by atoms with E-state index < -0.39 is 8.03 Å². The lowest BCUT2D eigenvalue weighted by Gasteiger charge is -1.72. The van der Waals surface area contributed by atoms with Crippen molar-refractivity contribution in [1.29, 1.82) is 0 Å². The largest absolute Gasteiger partial charge is 0.521 e. The molecule has 1 unspecified atom stereocenters. The van der Waals surface area contributed by atoms with Crippen molar-refractivity contribution < 1.29 is 9.46 Å². The summed E-state index contributed by atoms with van der Waals surface area (Å²) in [6.45, 7) is 0. The van der Waals surface area contributed by atoms with Gasteiger partial charge in [0, 0.05) is 0 Å². The molecule has 0 aliphatic carbocycles. The Balaban J connectivity index is 2.83. The van der Waals surface area contributed by atoms with Crippen LogP contribution in [0.4, 0.5) is 0 Å². The topological polar surface area (TPSA) is 49.3 Å². The summed E-state index contributed by atoms with van der Waals surface area (Å²) in [5.41, 5.74) is 0. The quantitative estimate of drug-likeness (QED) is 0.485. The van der Waals surface area contributed by atoms with Crippen LogP contribution in [0.2, 0.25) is 0 Å². The zero-order chi connectivity index (χ0) is 4.99. The van der Waals surface area contributed by atoms with E-state index in [2.05, 4.69) is 5.32 Å². The van der Waals surface area contributed by atoms with Gasteiger partial charge < -0.3 is 0 Å². The van der Waals surface area contributed by atoms with Crippen LogP contribution in [0.25, 0.3) is 0 Å². The Bertz CT molecular complexity index is 55.5. The first-order chi connectivity index (χ1) is 2.77. The summed E-state index contributed by atoms with van der Waals surface area (Å²) in [6.07, 6.45) is 0.190. The van der Waals surface area contributed by atoms with Gasteiger partial charge >= 0.3 is 8.03 Å². The van der Waals surface area contributed by atoms with Gasteiger partial charge in [-0.1, -0.05) is 0 Å². The molecule has 2 N–H and O–H groups in total. The molecule has 0 bridgehead atoms. The van der Waals surface area contributed by atoms with Crippen LogP contribution in [-0.4, -0.2) is 18.2 Å². The number of nitrogens with one attached hydrogen (secondary N) is 1. The summed E-state index contributed by atoms with van der Waals surface area (Å²) in [5, 5.41) is 2.53. The molecule has 0 amide bonds. The van der Waals surface area contributed by atoms with Crippen molar-refractivity contribution in [3.05, 3.63) is 0 Å². The van der Waals surface area contributed by atoms with Crippen LogP contribution in [0.5, 0.6) is 0 Å². The fraction of sp³-hybridized carbons (Fsp3) is 1.00. The third-order valence-corrected chi connectivity index (χ3v) is 0.880. The van der Waals surface area contributed by atoms with E-state index in [1.165, 1.54) is 0 Å². The molecule has 0 saturated carbocycles. The monoisotopic (exact) mass is 108 g/mol. The molecular weight excluding hydrogens is 101 g/mol. The second kappa shape index (κ2) is 3.22. The molecule has 0 aromatic rings. The van der Waals surface area contributed by atoms with Crippen molar-refractivity contribution in [3.8, 4) is 0 Å². The molecule has 4 heteroatoms. The van der Waals surface area contributed by atoms with Crippen molar-refractivity contribution in [3.63, 3.8) is 0 Å². The summed E-state index contributed by atoms with van der Waals surface area (Å²) in [4.78, 5) is 8.00. The van der Waals surface area contributed by atoms with Gasteiger partial charge in [-0.3, -0.25) is 5.32 Å². The summed E-state index contributed by atoms with van der Waals surface area (Å²) >= 11 is 0. The van der Waals surface area contributed by atoms with Crippen molar-refractivity contribution in [2.24, 2.45) is 0 Å². The molecule has 3 nitrogen and oxygen atoms in total.